The molecule has 0 aromatic carbocycles. The van der Waals surface area contributed by atoms with Crippen molar-refractivity contribution in [2.75, 3.05) is 13.7 Å². The van der Waals surface area contributed by atoms with Crippen molar-refractivity contribution in [2.45, 2.75) is 51.9 Å². The fourth-order valence-electron chi connectivity index (χ4n) is 6.40. The van der Waals surface area contributed by atoms with Crippen LogP contribution in [0.3, 0.4) is 0 Å². The number of hydrogen-bond acceptors (Lipinski definition) is 2. The number of carbonyl (C=O) groups is 1. The molecule has 0 N–H and O–H groups in total. The van der Waals surface area contributed by atoms with Gasteiger partial charge in [-0.1, -0.05) is 25.2 Å². The summed E-state index contributed by atoms with van der Waals surface area (Å²) in [6.07, 6.45) is 15.0. The number of ether oxygens (including phenoxy) is 1. The first-order valence-corrected chi connectivity index (χ1v) is 9.01. The third-order valence-corrected chi connectivity index (χ3v) is 7.50. The number of allylic oxidation sites excluding steroid dienone is 4. The maximum atomic E-state index is 12.7. The molecule has 4 aliphatic rings. The Morgan fingerprint density at radius 3 is 2.95 bits per heavy atom. The Bertz CT molecular complexity index is 546. The summed E-state index contributed by atoms with van der Waals surface area (Å²) in [5, 5.41) is 0. The van der Waals surface area contributed by atoms with Crippen LogP contribution in [0, 0.1) is 28.6 Å². The Balaban J connectivity index is 1.71. The molecule has 0 unspecified atom stereocenters. The van der Waals surface area contributed by atoms with E-state index in [1.807, 2.05) is 0 Å². The zero-order valence-corrected chi connectivity index (χ0v) is 13.9. The van der Waals surface area contributed by atoms with Gasteiger partial charge in [0.2, 0.25) is 0 Å². The number of methoxy groups -OCH3 is 1. The lowest BCUT2D eigenvalue weighted by molar-refractivity contribution is -0.138. The minimum atomic E-state index is -0.151. The molecule has 0 aromatic rings. The van der Waals surface area contributed by atoms with Crippen LogP contribution in [0.1, 0.15) is 51.9 Å². The molecule has 0 heterocycles. The second kappa shape index (κ2) is 5.06. The minimum absolute atomic E-state index is 0.151. The van der Waals surface area contributed by atoms with Crippen molar-refractivity contribution in [2.24, 2.45) is 28.6 Å². The Hall–Kier alpha value is -0.890. The molecule has 0 aliphatic heterocycles. The largest absolute Gasteiger partial charge is 0.384 e. The first-order valence-electron chi connectivity index (χ1n) is 9.01. The van der Waals surface area contributed by atoms with Crippen molar-refractivity contribution < 1.29 is 9.53 Å². The van der Waals surface area contributed by atoms with Gasteiger partial charge < -0.3 is 4.74 Å². The predicted octanol–water partition coefficient (Wildman–Crippen LogP) is 4.31. The van der Waals surface area contributed by atoms with Gasteiger partial charge in [0.25, 0.3) is 0 Å². The van der Waals surface area contributed by atoms with Crippen LogP contribution in [0.4, 0.5) is 0 Å². The van der Waals surface area contributed by atoms with E-state index in [2.05, 4.69) is 25.2 Å². The first kappa shape index (κ1) is 14.7. The van der Waals surface area contributed by atoms with Crippen LogP contribution >= 0.6 is 0 Å². The molecule has 0 radical (unpaired) electrons. The maximum absolute atomic E-state index is 12.7. The molecule has 0 bridgehead atoms. The van der Waals surface area contributed by atoms with Gasteiger partial charge in [0, 0.05) is 13.5 Å². The Morgan fingerprint density at radius 1 is 1.27 bits per heavy atom. The molecule has 22 heavy (non-hydrogen) atoms. The Labute approximate surface area is 134 Å². The van der Waals surface area contributed by atoms with Crippen LogP contribution < -0.4 is 0 Å². The van der Waals surface area contributed by atoms with Crippen molar-refractivity contribution in [3.63, 3.8) is 0 Å². The van der Waals surface area contributed by atoms with E-state index in [1.54, 1.807) is 12.7 Å². The highest BCUT2D eigenvalue weighted by molar-refractivity contribution is 5.87. The lowest BCUT2D eigenvalue weighted by Crippen LogP contribution is -2.51. The summed E-state index contributed by atoms with van der Waals surface area (Å²) in [4.78, 5) is 12.7. The molecular formula is C20H28O2. The maximum Gasteiger partial charge on any atom is 0.141 e. The van der Waals surface area contributed by atoms with Gasteiger partial charge in [-0.15, -0.1) is 0 Å². The first-order chi connectivity index (χ1) is 10.6. The topological polar surface area (TPSA) is 26.3 Å². The summed E-state index contributed by atoms with van der Waals surface area (Å²) in [6, 6.07) is 0. The Kier molecular flexibility index (Phi) is 3.38. The highest BCUT2D eigenvalue weighted by Crippen LogP contribution is 2.63. The van der Waals surface area contributed by atoms with Crippen molar-refractivity contribution in [1.82, 2.24) is 0 Å². The van der Waals surface area contributed by atoms with Crippen LogP contribution in [0.25, 0.3) is 0 Å². The lowest BCUT2D eigenvalue weighted by atomic mass is 9.48. The van der Waals surface area contributed by atoms with Crippen LogP contribution in [-0.2, 0) is 9.53 Å². The van der Waals surface area contributed by atoms with E-state index in [0.717, 1.165) is 25.2 Å². The summed E-state index contributed by atoms with van der Waals surface area (Å²) >= 11 is 0. The number of fused-ring (bicyclic) bond motifs is 5. The average molecular weight is 300 g/mol. The average Bonchev–Trinajstić information content (AvgIpc) is 2.84. The van der Waals surface area contributed by atoms with E-state index in [-0.39, 0.29) is 5.41 Å². The number of carbonyl (C=O) groups excluding carboxylic acids is 1. The normalized spacial score (nSPS) is 46.7. The van der Waals surface area contributed by atoms with E-state index >= 15 is 0 Å². The Morgan fingerprint density at radius 2 is 2.14 bits per heavy atom. The molecule has 4 rings (SSSR count). The molecule has 0 spiro atoms. The summed E-state index contributed by atoms with van der Waals surface area (Å²) in [5.74, 6) is 2.49. The van der Waals surface area contributed by atoms with Gasteiger partial charge in [0.15, 0.2) is 0 Å². The highest BCUT2D eigenvalue weighted by atomic mass is 16.5. The van der Waals surface area contributed by atoms with Crippen LogP contribution in [0.15, 0.2) is 23.8 Å². The minimum Gasteiger partial charge on any atom is -0.384 e. The summed E-state index contributed by atoms with van der Waals surface area (Å²) in [6.45, 7) is 3.13. The molecular weight excluding hydrogens is 272 g/mol. The molecule has 0 amide bonds. The second-order valence-corrected chi connectivity index (χ2v) is 8.22. The van der Waals surface area contributed by atoms with Gasteiger partial charge in [-0.2, -0.15) is 0 Å². The zero-order valence-electron chi connectivity index (χ0n) is 13.9. The van der Waals surface area contributed by atoms with Crippen molar-refractivity contribution >= 4 is 5.78 Å². The van der Waals surface area contributed by atoms with E-state index < -0.39 is 0 Å². The molecule has 0 saturated heterocycles. The van der Waals surface area contributed by atoms with Crippen molar-refractivity contribution in [3.8, 4) is 0 Å². The smallest absolute Gasteiger partial charge is 0.141 e. The number of rotatable bonds is 2. The standard InChI is InChI=1S/C20H28O2/c1-19-11-4-3-5-14(19)6-7-15-16(19)10-12-20(13-22-2)17(15)8-9-18(20)21/h3,5-6,15-17H,4,7-13H2,1-2H3/t15-,16+,17+,19+,20-/m1/s1. The molecule has 2 fully saturated rings. The molecule has 4 aliphatic carbocycles. The fourth-order valence-corrected chi connectivity index (χ4v) is 6.40. The zero-order chi connectivity index (χ0) is 15.4. The summed E-state index contributed by atoms with van der Waals surface area (Å²) in [5.41, 5.74) is 1.77. The number of Topliss-reactive ketones (excluding diaryl/α,β-unsaturated/α-hetero) is 1. The van der Waals surface area contributed by atoms with Gasteiger partial charge in [0.1, 0.15) is 5.78 Å². The van der Waals surface area contributed by atoms with Crippen LogP contribution in [0.5, 0.6) is 0 Å². The highest BCUT2D eigenvalue weighted by Gasteiger charge is 2.59. The van der Waals surface area contributed by atoms with E-state index in [0.29, 0.717) is 29.6 Å². The van der Waals surface area contributed by atoms with Crippen molar-refractivity contribution in [3.05, 3.63) is 23.8 Å². The van der Waals surface area contributed by atoms with Gasteiger partial charge in [-0.25, -0.2) is 0 Å². The van der Waals surface area contributed by atoms with Gasteiger partial charge in [-0.3, -0.25) is 4.79 Å². The predicted molar refractivity (Wildman–Crippen MR) is 87.4 cm³/mol. The van der Waals surface area contributed by atoms with Crippen LogP contribution in [-0.4, -0.2) is 19.5 Å². The molecule has 2 heteroatoms. The third-order valence-electron chi connectivity index (χ3n) is 7.50. The van der Waals surface area contributed by atoms with Gasteiger partial charge in [0.05, 0.1) is 12.0 Å². The summed E-state index contributed by atoms with van der Waals surface area (Å²) < 4.78 is 5.52. The number of hydrogen-bond donors (Lipinski definition) is 0. The van der Waals surface area contributed by atoms with E-state index in [9.17, 15) is 4.79 Å². The molecule has 2 saturated carbocycles. The van der Waals surface area contributed by atoms with E-state index in [4.69, 9.17) is 4.74 Å². The SMILES string of the molecule is COC[C@]12CC[C@H]3[C@@H](CC=C4C=CCC[C@@]43C)[C@@H]1CCC2=O. The van der Waals surface area contributed by atoms with Crippen LogP contribution in [0.2, 0.25) is 0 Å². The fraction of sp³-hybridized carbons (Fsp3) is 0.750. The lowest BCUT2D eigenvalue weighted by Gasteiger charge is -2.55. The molecule has 120 valence electrons. The summed E-state index contributed by atoms with van der Waals surface area (Å²) in [7, 11) is 1.76. The van der Waals surface area contributed by atoms with E-state index in [1.165, 1.54) is 25.7 Å². The van der Waals surface area contributed by atoms with Gasteiger partial charge >= 0.3 is 0 Å². The molecule has 0 aromatic heterocycles. The van der Waals surface area contributed by atoms with Crippen molar-refractivity contribution in [1.29, 1.82) is 0 Å². The monoisotopic (exact) mass is 300 g/mol. The van der Waals surface area contributed by atoms with Gasteiger partial charge in [-0.05, 0) is 67.3 Å². The quantitative estimate of drug-likeness (QED) is 0.759. The second-order valence-electron chi connectivity index (χ2n) is 8.22. The molecule has 2 nitrogen and oxygen atoms in total. The number of ketones is 1. The third kappa shape index (κ3) is 1.79. The molecule has 5 atom stereocenters.